The van der Waals surface area contributed by atoms with Crippen LogP contribution in [0.2, 0.25) is 0 Å². The van der Waals surface area contributed by atoms with Crippen molar-refractivity contribution in [1.29, 1.82) is 0 Å². The minimum atomic E-state index is -0.296. The molecule has 0 saturated carbocycles. The van der Waals surface area contributed by atoms with Crippen LogP contribution < -0.4 is 5.11 Å². The van der Waals surface area contributed by atoms with Crippen LogP contribution in [0.5, 0.6) is 5.88 Å². The van der Waals surface area contributed by atoms with Crippen LogP contribution in [0.25, 0.3) is 16.7 Å². The maximum atomic E-state index is 11.5. The van der Waals surface area contributed by atoms with E-state index in [4.69, 9.17) is 0 Å². The van der Waals surface area contributed by atoms with Crippen LogP contribution in [0, 0.1) is 6.92 Å². The summed E-state index contributed by atoms with van der Waals surface area (Å²) >= 11 is 0. The average Bonchev–Trinajstić information content (AvgIpc) is 2.75. The number of aromatic nitrogens is 4. The summed E-state index contributed by atoms with van der Waals surface area (Å²) in [4.78, 5) is 7.73. The molecule has 5 nitrogen and oxygen atoms in total. The Kier molecular flexibility index (Phi) is 2.04. The third kappa shape index (κ3) is 1.44. The lowest BCUT2D eigenvalue weighted by Gasteiger charge is -2.07. The smallest absolute Gasteiger partial charge is 0.165 e. The van der Waals surface area contributed by atoms with Crippen molar-refractivity contribution in [3.05, 3.63) is 42.4 Å². The van der Waals surface area contributed by atoms with E-state index in [0.717, 1.165) is 11.3 Å². The fourth-order valence-corrected chi connectivity index (χ4v) is 1.80. The molecule has 0 amide bonds. The van der Waals surface area contributed by atoms with Crippen LogP contribution in [0.4, 0.5) is 0 Å². The number of hydrogen-bond donors (Lipinski definition) is 0. The molecule has 0 atom stereocenters. The summed E-state index contributed by atoms with van der Waals surface area (Å²) in [5.41, 5.74) is 2.53. The largest absolute Gasteiger partial charge is 0.858 e. The van der Waals surface area contributed by atoms with Gasteiger partial charge >= 0.3 is 0 Å². The summed E-state index contributed by atoms with van der Waals surface area (Å²) in [6, 6.07) is 7.81. The molecule has 0 aliphatic heterocycles. The van der Waals surface area contributed by atoms with E-state index in [1.54, 1.807) is 4.68 Å². The van der Waals surface area contributed by atoms with Crippen LogP contribution in [0.15, 0.2) is 36.8 Å². The minimum Gasteiger partial charge on any atom is -0.858 e. The number of hydrogen-bond acceptors (Lipinski definition) is 4. The molecule has 1 aromatic carbocycles. The summed E-state index contributed by atoms with van der Waals surface area (Å²) in [5.74, 6) is -0.296. The zero-order chi connectivity index (χ0) is 11.8. The molecule has 2 aromatic heterocycles. The first-order valence-electron chi connectivity index (χ1n) is 5.19. The van der Waals surface area contributed by atoms with E-state index >= 15 is 0 Å². The maximum Gasteiger partial charge on any atom is 0.165 e. The standard InChI is InChI=1S/C12H10N4O/c1-8-4-2-3-5-10(8)16-11-9(6-15-16)12(17)14-7-13-11/h2-7H,1H3,(H,13,14,17)/p-1. The molecule has 0 saturated heterocycles. The van der Waals surface area contributed by atoms with Crippen LogP contribution in [0.3, 0.4) is 0 Å². The number of nitrogens with zero attached hydrogens (tertiary/aromatic N) is 4. The molecule has 0 spiro atoms. The van der Waals surface area contributed by atoms with Crippen LogP contribution in [0.1, 0.15) is 5.56 Å². The molecular formula is C12H9N4O-. The monoisotopic (exact) mass is 225 g/mol. The number of fused-ring (bicyclic) bond motifs is 1. The number of rotatable bonds is 1. The third-order valence-electron chi connectivity index (χ3n) is 2.67. The molecule has 0 unspecified atom stereocenters. The van der Waals surface area contributed by atoms with Crippen LogP contribution in [-0.2, 0) is 0 Å². The van der Waals surface area contributed by atoms with Crippen molar-refractivity contribution in [2.45, 2.75) is 6.92 Å². The Bertz CT molecular complexity index is 690. The van der Waals surface area contributed by atoms with Crippen molar-refractivity contribution in [2.75, 3.05) is 0 Å². The number of para-hydroxylation sites is 1. The zero-order valence-electron chi connectivity index (χ0n) is 9.16. The van der Waals surface area contributed by atoms with Gasteiger partial charge in [-0.3, -0.25) is 4.98 Å². The van der Waals surface area contributed by atoms with E-state index < -0.39 is 0 Å². The van der Waals surface area contributed by atoms with Crippen molar-refractivity contribution in [3.63, 3.8) is 0 Å². The molecule has 3 rings (SSSR count). The number of benzene rings is 1. The van der Waals surface area contributed by atoms with E-state index in [9.17, 15) is 5.11 Å². The average molecular weight is 225 g/mol. The fourth-order valence-electron chi connectivity index (χ4n) is 1.80. The topological polar surface area (TPSA) is 66.7 Å². The van der Waals surface area contributed by atoms with Gasteiger partial charge in [-0.05, 0) is 18.6 Å². The molecule has 0 bridgehead atoms. The van der Waals surface area contributed by atoms with E-state index in [-0.39, 0.29) is 5.88 Å². The van der Waals surface area contributed by atoms with E-state index in [0.29, 0.717) is 11.0 Å². The molecule has 5 heteroatoms. The first-order valence-corrected chi connectivity index (χ1v) is 5.19. The summed E-state index contributed by atoms with van der Waals surface area (Å²) < 4.78 is 1.66. The Morgan fingerprint density at radius 1 is 1.18 bits per heavy atom. The van der Waals surface area contributed by atoms with Gasteiger partial charge in [0.15, 0.2) is 5.65 Å². The quantitative estimate of drug-likeness (QED) is 0.624. The highest BCUT2D eigenvalue weighted by Gasteiger charge is 2.08. The lowest BCUT2D eigenvalue weighted by atomic mass is 10.2. The molecule has 84 valence electrons. The van der Waals surface area contributed by atoms with E-state index in [1.165, 1.54) is 12.5 Å². The molecule has 17 heavy (non-hydrogen) atoms. The Balaban J connectivity index is 2.33. The Labute approximate surface area is 97.4 Å². The molecule has 3 aromatic rings. The van der Waals surface area contributed by atoms with Gasteiger partial charge in [-0.15, -0.1) is 0 Å². The van der Waals surface area contributed by atoms with Crippen molar-refractivity contribution < 1.29 is 5.11 Å². The SMILES string of the molecule is Cc1ccccc1-n1ncc2c([O-])ncnc21. The fraction of sp³-hybridized carbons (Fsp3) is 0.0833. The van der Waals surface area contributed by atoms with Gasteiger partial charge in [-0.25, -0.2) is 9.67 Å². The van der Waals surface area contributed by atoms with Gasteiger partial charge in [0.1, 0.15) is 6.33 Å². The highest BCUT2D eigenvalue weighted by atomic mass is 16.3. The van der Waals surface area contributed by atoms with Gasteiger partial charge in [0.25, 0.3) is 0 Å². The first kappa shape index (κ1) is 9.77. The predicted octanol–water partition coefficient (Wildman–Crippen LogP) is 1.20. The lowest BCUT2D eigenvalue weighted by molar-refractivity contribution is -0.272. The second-order valence-corrected chi connectivity index (χ2v) is 3.76. The van der Waals surface area contributed by atoms with Gasteiger partial charge < -0.3 is 5.11 Å². The number of aryl methyl sites for hydroxylation is 1. The maximum absolute atomic E-state index is 11.5. The Morgan fingerprint density at radius 3 is 2.82 bits per heavy atom. The highest BCUT2D eigenvalue weighted by Crippen LogP contribution is 2.21. The summed E-state index contributed by atoms with van der Waals surface area (Å²) in [6.45, 7) is 1.99. The molecule has 2 heterocycles. The predicted molar refractivity (Wildman–Crippen MR) is 60.8 cm³/mol. The van der Waals surface area contributed by atoms with Crippen molar-refractivity contribution in [2.24, 2.45) is 0 Å². The van der Waals surface area contributed by atoms with Crippen molar-refractivity contribution in [1.82, 2.24) is 19.7 Å². The highest BCUT2D eigenvalue weighted by molar-refractivity contribution is 5.80. The van der Waals surface area contributed by atoms with Crippen molar-refractivity contribution in [3.8, 4) is 11.6 Å². The minimum absolute atomic E-state index is 0.296. The second kappa shape index (κ2) is 3.55. The van der Waals surface area contributed by atoms with Crippen LogP contribution in [-0.4, -0.2) is 19.7 Å². The molecule has 0 fully saturated rings. The lowest BCUT2D eigenvalue weighted by Crippen LogP contribution is -2.01. The Morgan fingerprint density at radius 2 is 2.00 bits per heavy atom. The van der Waals surface area contributed by atoms with E-state index in [2.05, 4.69) is 15.1 Å². The van der Waals surface area contributed by atoms with E-state index in [1.807, 2.05) is 31.2 Å². The molecular weight excluding hydrogens is 216 g/mol. The van der Waals surface area contributed by atoms with Gasteiger partial charge in [0.2, 0.25) is 0 Å². The molecule has 0 radical (unpaired) electrons. The van der Waals surface area contributed by atoms with Gasteiger partial charge in [0, 0.05) is 5.88 Å². The Hall–Kier alpha value is -2.43. The summed E-state index contributed by atoms with van der Waals surface area (Å²) in [7, 11) is 0. The first-order chi connectivity index (χ1) is 8.27. The second-order valence-electron chi connectivity index (χ2n) is 3.76. The van der Waals surface area contributed by atoms with Gasteiger partial charge in [-0.1, -0.05) is 18.2 Å². The summed E-state index contributed by atoms with van der Waals surface area (Å²) in [6.07, 6.45) is 2.77. The third-order valence-corrected chi connectivity index (χ3v) is 2.67. The van der Waals surface area contributed by atoms with Gasteiger partial charge in [0.05, 0.1) is 17.3 Å². The normalized spacial score (nSPS) is 10.9. The molecule has 0 N–H and O–H groups in total. The molecule has 0 aliphatic rings. The summed E-state index contributed by atoms with van der Waals surface area (Å²) in [5, 5.41) is 16.1. The zero-order valence-corrected chi connectivity index (χ0v) is 9.16. The van der Waals surface area contributed by atoms with Crippen molar-refractivity contribution >= 4 is 11.0 Å². The van der Waals surface area contributed by atoms with Gasteiger partial charge in [-0.2, -0.15) is 5.10 Å². The molecule has 0 aliphatic carbocycles. The van der Waals surface area contributed by atoms with Crippen LogP contribution >= 0.6 is 0 Å².